The van der Waals surface area contributed by atoms with Gasteiger partial charge in [-0.25, -0.2) is 9.59 Å². The Morgan fingerprint density at radius 1 is 0.828 bits per heavy atom. The first-order chi connectivity index (χ1) is 13.6. The molecule has 29 heavy (non-hydrogen) atoms. The number of carbonyl (C=O) groups excluding carboxylic acids is 2. The van der Waals surface area contributed by atoms with Gasteiger partial charge in [-0.1, -0.05) is 47.3 Å². The summed E-state index contributed by atoms with van der Waals surface area (Å²) >= 11 is 0. The molecule has 0 aliphatic carbocycles. The normalized spacial score (nSPS) is 14.2. The minimum atomic E-state index is -0.312. The van der Waals surface area contributed by atoms with Crippen molar-refractivity contribution in [3.05, 3.63) is 37.1 Å². The Labute approximate surface area is 179 Å². The van der Waals surface area contributed by atoms with Gasteiger partial charge >= 0.3 is 11.9 Å². The first-order valence-electron chi connectivity index (χ1n) is 10.8. The minimum Gasteiger partial charge on any atom is -0.462 e. The lowest BCUT2D eigenvalue weighted by atomic mass is 9.63. The van der Waals surface area contributed by atoms with Crippen LogP contribution in [0.15, 0.2) is 24.3 Å². The number of hydrogen-bond donors (Lipinski definition) is 0. The van der Waals surface area contributed by atoms with Crippen LogP contribution < -0.4 is 0 Å². The van der Waals surface area contributed by atoms with Crippen molar-refractivity contribution in [2.75, 3.05) is 13.2 Å². The lowest BCUT2D eigenvalue weighted by Crippen LogP contribution is -2.32. The Bertz CT molecular complexity index is 535. The molecule has 0 amide bonds. The average Bonchev–Trinajstić information content (AvgIpc) is 2.65. The summed E-state index contributed by atoms with van der Waals surface area (Å²) in [5.41, 5.74) is 1.01. The van der Waals surface area contributed by atoms with Crippen LogP contribution in [0.3, 0.4) is 0 Å². The summed E-state index contributed by atoms with van der Waals surface area (Å²) in [7, 11) is 0. The Balaban J connectivity index is 4.58. The van der Waals surface area contributed by atoms with Crippen molar-refractivity contribution < 1.29 is 19.1 Å². The van der Waals surface area contributed by atoms with Crippen molar-refractivity contribution in [2.45, 2.75) is 86.0 Å². The second kappa shape index (κ2) is 14.4. The van der Waals surface area contributed by atoms with E-state index in [1.165, 1.54) is 5.92 Å². The van der Waals surface area contributed by atoms with Gasteiger partial charge in [0.15, 0.2) is 0 Å². The van der Waals surface area contributed by atoms with Gasteiger partial charge in [-0.3, -0.25) is 0 Å². The number of carbonyl (C=O) groups is 2. The van der Waals surface area contributed by atoms with Gasteiger partial charge in [0.1, 0.15) is 0 Å². The molecule has 2 radical (unpaired) electrons. The largest absolute Gasteiger partial charge is 0.462 e. The van der Waals surface area contributed by atoms with E-state index in [0.29, 0.717) is 30.3 Å². The van der Waals surface area contributed by atoms with Gasteiger partial charge < -0.3 is 9.47 Å². The van der Waals surface area contributed by atoms with Gasteiger partial charge in [-0.05, 0) is 76.0 Å². The molecular weight excluding hydrogens is 364 g/mol. The molecule has 2 unspecified atom stereocenters. The van der Waals surface area contributed by atoms with Crippen LogP contribution >= 0.6 is 0 Å². The van der Waals surface area contributed by atoms with Crippen molar-refractivity contribution in [1.82, 2.24) is 0 Å². The zero-order chi connectivity index (χ0) is 22.4. The van der Waals surface area contributed by atoms with Gasteiger partial charge in [-0.15, -0.1) is 0 Å². The van der Waals surface area contributed by atoms with Crippen LogP contribution in [0.1, 0.15) is 86.0 Å². The maximum Gasteiger partial charge on any atom is 0.333 e. The molecular formula is C25H42O4. The SMILES string of the molecule is [CH2]CCC(CCCCOC(=O)C(=C)C)C(C)(CCCCOC(=O)C(=C)C)[C](C)C. The fourth-order valence-electron chi connectivity index (χ4n) is 3.55. The van der Waals surface area contributed by atoms with E-state index < -0.39 is 0 Å². The topological polar surface area (TPSA) is 52.6 Å². The molecule has 166 valence electrons. The zero-order valence-electron chi connectivity index (χ0n) is 19.4. The summed E-state index contributed by atoms with van der Waals surface area (Å²) in [6.45, 7) is 22.3. The van der Waals surface area contributed by atoms with Crippen LogP contribution in [-0.2, 0) is 19.1 Å². The standard InChI is InChI=1S/C25H42O4/c1-9-14-22(15-10-12-17-28-23(26)19(2)3)25(8,21(6)7)16-11-13-18-29-24(27)20(4)5/h22H,1-2,4,9-18H2,3,5-8H3. The van der Waals surface area contributed by atoms with E-state index in [1.54, 1.807) is 13.8 Å². The Morgan fingerprint density at radius 3 is 1.72 bits per heavy atom. The number of hydrogen-bond acceptors (Lipinski definition) is 4. The summed E-state index contributed by atoms with van der Waals surface area (Å²) in [6, 6.07) is 0. The van der Waals surface area contributed by atoms with Gasteiger partial charge in [0, 0.05) is 11.1 Å². The first kappa shape index (κ1) is 27.4. The molecule has 0 spiro atoms. The second-order valence-electron chi connectivity index (χ2n) is 8.54. The molecule has 0 saturated heterocycles. The molecule has 0 bridgehead atoms. The van der Waals surface area contributed by atoms with Crippen molar-refractivity contribution >= 4 is 11.9 Å². The molecule has 2 atom stereocenters. The maximum absolute atomic E-state index is 11.5. The highest BCUT2D eigenvalue weighted by molar-refractivity contribution is 5.87. The van der Waals surface area contributed by atoms with Crippen LogP contribution in [0.2, 0.25) is 0 Å². The van der Waals surface area contributed by atoms with Gasteiger partial charge in [-0.2, -0.15) is 0 Å². The molecule has 0 aliphatic rings. The summed E-state index contributed by atoms with van der Waals surface area (Å²) in [4.78, 5) is 23.0. The summed E-state index contributed by atoms with van der Waals surface area (Å²) in [5.74, 6) is 1.35. The van der Waals surface area contributed by atoms with Crippen LogP contribution in [0, 0.1) is 24.2 Å². The van der Waals surface area contributed by atoms with Gasteiger partial charge in [0.05, 0.1) is 13.2 Å². The molecule has 0 rings (SSSR count). The number of esters is 2. The van der Waals surface area contributed by atoms with E-state index in [1.807, 2.05) is 0 Å². The molecule has 0 aromatic carbocycles. The lowest BCUT2D eigenvalue weighted by Gasteiger charge is -2.42. The molecule has 0 aliphatic heterocycles. The van der Waals surface area contributed by atoms with E-state index in [4.69, 9.17) is 9.47 Å². The minimum absolute atomic E-state index is 0.129. The zero-order valence-corrected chi connectivity index (χ0v) is 19.4. The summed E-state index contributed by atoms with van der Waals surface area (Å²) in [5, 5.41) is 0. The predicted octanol–water partition coefficient (Wildman–Crippen LogP) is 6.42. The highest BCUT2D eigenvalue weighted by atomic mass is 16.5. The van der Waals surface area contributed by atoms with Crippen LogP contribution in [0.25, 0.3) is 0 Å². The highest BCUT2D eigenvalue weighted by Gasteiger charge is 2.35. The molecule has 0 aromatic heterocycles. The van der Waals surface area contributed by atoms with Crippen molar-refractivity contribution in [3.8, 4) is 0 Å². The van der Waals surface area contributed by atoms with Crippen molar-refractivity contribution in [3.63, 3.8) is 0 Å². The van der Waals surface area contributed by atoms with E-state index >= 15 is 0 Å². The van der Waals surface area contributed by atoms with E-state index in [9.17, 15) is 9.59 Å². The molecule has 0 saturated carbocycles. The molecule has 0 heterocycles. The summed E-state index contributed by atoms with van der Waals surface area (Å²) < 4.78 is 10.4. The molecule has 0 aromatic rings. The van der Waals surface area contributed by atoms with Crippen LogP contribution in [-0.4, -0.2) is 25.2 Å². The second-order valence-corrected chi connectivity index (χ2v) is 8.54. The fourth-order valence-corrected chi connectivity index (χ4v) is 3.55. The van der Waals surface area contributed by atoms with Gasteiger partial charge in [0.2, 0.25) is 0 Å². The third-order valence-electron chi connectivity index (χ3n) is 5.80. The Hall–Kier alpha value is -1.58. The van der Waals surface area contributed by atoms with E-state index in [-0.39, 0.29) is 17.4 Å². The maximum atomic E-state index is 11.5. The van der Waals surface area contributed by atoms with Crippen LogP contribution in [0.4, 0.5) is 0 Å². The molecule has 4 nitrogen and oxygen atoms in total. The van der Waals surface area contributed by atoms with Crippen molar-refractivity contribution in [1.29, 1.82) is 0 Å². The van der Waals surface area contributed by atoms with Gasteiger partial charge in [0.25, 0.3) is 0 Å². The highest BCUT2D eigenvalue weighted by Crippen LogP contribution is 2.46. The number of rotatable bonds is 16. The average molecular weight is 407 g/mol. The monoisotopic (exact) mass is 406 g/mol. The van der Waals surface area contributed by atoms with Crippen molar-refractivity contribution in [2.24, 2.45) is 11.3 Å². The first-order valence-corrected chi connectivity index (χ1v) is 10.8. The van der Waals surface area contributed by atoms with E-state index in [0.717, 1.165) is 51.4 Å². The van der Waals surface area contributed by atoms with E-state index in [2.05, 4.69) is 40.9 Å². The summed E-state index contributed by atoms with van der Waals surface area (Å²) in [6.07, 6.45) is 7.90. The molecule has 4 heteroatoms. The molecule has 0 fully saturated rings. The number of unbranched alkanes of at least 4 members (excludes halogenated alkanes) is 2. The quantitative estimate of drug-likeness (QED) is 0.169. The third-order valence-corrected chi connectivity index (χ3v) is 5.80. The lowest BCUT2D eigenvalue weighted by molar-refractivity contribution is -0.140. The Morgan fingerprint density at radius 2 is 1.31 bits per heavy atom. The van der Waals surface area contributed by atoms with Crippen LogP contribution in [0.5, 0.6) is 0 Å². The number of ether oxygens (including phenoxy) is 2. The Kier molecular flexibility index (Phi) is 13.6. The fraction of sp³-hybridized carbons (Fsp3) is 0.680. The molecule has 0 N–H and O–H groups in total. The third kappa shape index (κ3) is 10.7. The smallest absolute Gasteiger partial charge is 0.333 e. The predicted molar refractivity (Wildman–Crippen MR) is 120 cm³/mol.